The highest BCUT2D eigenvalue weighted by Gasteiger charge is 2.48. The molecule has 1 amide bonds. The van der Waals surface area contributed by atoms with E-state index >= 15 is 0 Å². The second-order valence-electron chi connectivity index (χ2n) is 5.77. The third kappa shape index (κ3) is 2.55. The molecule has 1 aromatic rings. The third-order valence-corrected chi connectivity index (χ3v) is 4.30. The first-order chi connectivity index (χ1) is 9.78. The van der Waals surface area contributed by atoms with Crippen molar-refractivity contribution in [2.75, 3.05) is 13.1 Å². The minimum Gasteiger partial charge on any atom is -0.481 e. The van der Waals surface area contributed by atoms with Gasteiger partial charge in [0.25, 0.3) is 11.5 Å². The van der Waals surface area contributed by atoms with Crippen LogP contribution < -0.4 is 5.56 Å². The molecule has 0 bridgehead atoms. The molecule has 2 heterocycles. The van der Waals surface area contributed by atoms with Gasteiger partial charge in [-0.1, -0.05) is 13.8 Å². The topological polar surface area (TPSA) is 92.5 Å². The summed E-state index contributed by atoms with van der Waals surface area (Å²) in [4.78, 5) is 36.8. The number of carbonyl (C=O) groups excluding carboxylic acids is 1. The second kappa shape index (κ2) is 5.31. The summed E-state index contributed by atoms with van der Waals surface area (Å²) in [5.41, 5.74) is -1.05. The van der Waals surface area contributed by atoms with Gasteiger partial charge in [-0.15, -0.1) is 0 Å². The van der Waals surface area contributed by atoms with Crippen LogP contribution >= 0.6 is 0 Å². The Morgan fingerprint density at radius 1 is 1.38 bits per heavy atom. The van der Waals surface area contributed by atoms with Crippen molar-refractivity contribution in [3.8, 4) is 0 Å². The molecule has 0 spiro atoms. The molecule has 7 heteroatoms. The Bertz CT molecular complexity index is 637. The molecular formula is C14H19N3O4. The van der Waals surface area contributed by atoms with Crippen LogP contribution in [0.25, 0.3) is 0 Å². The minimum absolute atomic E-state index is 0.0686. The Morgan fingerprint density at radius 3 is 2.52 bits per heavy atom. The minimum atomic E-state index is -0.906. The number of aliphatic carboxylic acids is 1. The third-order valence-electron chi connectivity index (χ3n) is 4.30. The fourth-order valence-corrected chi connectivity index (χ4v) is 2.68. The van der Waals surface area contributed by atoms with Gasteiger partial charge in [0.15, 0.2) is 0 Å². The smallest absolute Gasteiger partial charge is 0.311 e. The SMILES string of the molecule is CC(C)C1(C(=O)O)CCN(C(=O)c2ccc(=O)n(C)n2)C1. The van der Waals surface area contributed by atoms with Crippen molar-refractivity contribution in [3.63, 3.8) is 0 Å². The van der Waals surface area contributed by atoms with E-state index in [0.29, 0.717) is 13.0 Å². The lowest BCUT2D eigenvalue weighted by Crippen LogP contribution is -2.41. The van der Waals surface area contributed by atoms with Gasteiger partial charge < -0.3 is 10.0 Å². The molecule has 2 rings (SSSR count). The molecule has 0 radical (unpaired) electrons. The number of hydrogen-bond donors (Lipinski definition) is 1. The number of nitrogens with zero attached hydrogens (tertiary/aromatic N) is 3. The van der Waals surface area contributed by atoms with Crippen molar-refractivity contribution in [1.82, 2.24) is 14.7 Å². The average molecular weight is 293 g/mol. The molecule has 1 aromatic heterocycles. The summed E-state index contributed by atoms with van der Waals surface area (Å²) < 4.78 is 1.09. The van der Waals surface area contributed by atoms with Gasteiger partial charge in [0.05, 0.1) is 5.41 Å². The van der Waals surface area contributed by atoms with Gasteiger partial charge in [0.2, 0.25) is 0 Å². The van der Waals surface area contributed by atoms with Gasteiger partial charge in [-0.3, -0.25) is 14.4 Å². The molecule has 1 unspecified atom stereocenters. The van der Waals surface area contributed by atoms with E-state index in [2.05, 4.69) is 5.10 Å². The van der Waals surface area contributed by atoms with Crippen molar-refractivity contribution in [2.24, 2.45) is 18.4 Å². The standard InChI is InChI=1S/C14H19N3O4/c1-9(2)14(13(20)21)6-7-17(8-14)12(19)10-4-5-11(18)16(3)15-10/h4-5,9H,6-8H2,1-3H3,(H,20,21). The zero-order valence-electron chi connectivity index (χ0n) is 12.4. The zero-order valence-corrected chi connectivity index (χ0v) is 12.4. The zero-order chi connectivity index (χ0) is 15.8. The van der Waals surface area contributed by atoms with Crippen LogP contribution in [0.4, 0.5) is 0 Å². The van der Waals surface area contributed by atoms with E-state index in [-0.39, 0.29) is 29.6 Å². The number of hydrogen-bond acceptors (Lipinski definition) is 4. The quantitative estimate of drug-likeness (QED) is 0.868. The molecule has 1 saturated heterocycles. The van der Waals surface area contributed by atoms with Crippen molar-refractivity contribution in [1.29, 1.82) is 0 Å². The van der Waals surface area contributed by atoms with Crippen LogP contribution in [0.3, 0.4) is 0 Å². The predicted octanol–water partition coefficient (Wildman–Crippen LogP) is 0.353. The van der Waals surface area contributed by atoms with E-state index in [1.807, 2.05) is 13.8 Å². The monoisotopic (exact) mass is 293 g/mol. The van der Waals surface area contributed by atoms with Crippen molar-refractivity contribution in [3.05, 3.63) is 28.2 Å². The van der Waals surface area contributed by atoms with Crippen LogP contribution in [0.1, 0.15) is 30.8 Å². The lowest BCUT2D eigenvalue weighted by Gasteiger charge is -2.28. The molecule has 0 saturated carbocycles. The van der Waals surface area contributed by atoms with Crippen LogP contribution in [0.5, 0.6) is 0 Å². The molecule has 0 aliphatic carbocycles. The second-order valence-corrected chi connectivity index (χ2v) is 5.77. The number of carbonyl (C=O) groups is 2. The van der Waals surface area contributed by atoms with Gasteiger partial charge in [-0.2, -0.15) is 5.10 Å². The molecule has 1 aliphatic rings. The van der Waals surface area contributed by atoms with E-state index in [1.165, 1.54) is 24.1 Å². The lowest BCUT2D eigenvalue weighted by atomic mass is 9.76. The first-order valence-corrected chi connectivity index (χ1v) is 6.85. The van der Waals surface area contributed by atoms with Crippen LogP contribution in [0, 0.1) is 11.3 Å². The molecule has 1 atom stereocenters. The summed E-state index contributed by atoms with van der Waals surface area (Å²) in [5, 5.41) is 13.4. The Kier molecular flexibility index (Phi) is 3.85. The van der Waals surface area contributed by atoms with Gasteiger partial charge in [-0.05, 0) is 18.4 Å². The number of aromatic nitrogens is 2. The normalized spacial score (nSPS) is 21.8. The summed E-state index contributed by atoms with van der Waals surface area (Å²) in [6.45, 7) is 4.26. The first-order valence-electron chi connectivity index (χ1n) is 6.85. The largest absolute Gasteiger partial charge is 0.481 e. The van der Waals surface area contributed by atoms with E-state index < -0.39 is 11.4 Å². The Hall–Kier alpha value is -2.18. The van der Waals surface area contributed by atoms with Gasteiger partial charge in [0.1, 0.15) is 5.69 Å². The highest BCUT2D eigenvalue weighted by Crippen LogP contribution is 2.38. The molecule has 0 aromatic carbocycles. The Morgan fingerprint density at radius 2 is 2.05 bits per heavy atom. The van der Waals surface area contributed by atoms with Crippen molar-refractivity contribution in [2.45, 2.75) is 20.3 Å². The van der Waals surface area contributed by atoms with Crippen LogP contribution in [-0.4, -0.2) is 44.8 Å². The fraction of sp³-hybridized carbons (Fsp3) is 0.571. The molecule has 21 heavy (non-hydrogen) atoms. The summed E-state index contributed by atoms with van der Waals surface area (Å²) in [6, 6.07) is 2.66. The van der Waals surface area contributed by atoms with Crippen LogP contribution in [-0.2, 0) is 11.8 Å². The molecule has 1 fully saturated rings. The van der Waals surface area contributed by atoms with Crippen LogP contribution in [0.2, 0.25) is 0 Å². The summed E-state index contributed by atoms with van der Waals surface area (Å²) in [6.07, 6.45) is 0.428. The summed E-state index contributed by atoms with van der Waals surface area (Å²) in [5.74, 6) is -1.28. The maximum absolute atomic E-state index is 12.4. The maximum atomic E-state index is 12.4. The molecule has 114 valence electrons. The van der Waals surface area contributed by atoms with Gasteiger partial charge >= 0.3 is 5.97 Å². The van der Waals surface area contributed by atoms with Gasteiger partial charge in [-0.25, -0.2) is 4.68 Å². The average Bonchev–Trinajstić information content (AvgIpc) is 2.87. The van der Waals surface area contributed by atoms with E-state index in [4.69, 9.17) is 0 Å². The lowest BCUT2D eigenvalue weighted by molar-refractivity contribution is -0.150. The number of rotatable bonds is 3. The number of carboxylic acid groups (broad SMARTS) is 1. The summed E-state index contributed by atoms with van der Waals surface area (Å²) in [7, 11) is 1.47. The van der Waals surface area contributed by atoms with Gasteiger partial charge in [0, 0.05) is 26.2 Å². The summed E-state index contributed by atoms with van der Waals surface area (Å²) >= 11 is 0. The molecule has 1 aliphatic heterocycles. The van der Waals surface area contributed by atoms with E-state index in [1.54, 1.807) is 0 Å². The number of carboxylic acids is 1. The number of aryl methyl sites for hydroxylation is 1. The Labute approximate surface area is 122 Å². The number of amides is 1. The maximum Gasteiger partial charge on any atom is 0.311 e. The number of likely N-dealkylation sites (tertiary alicyclic amines) is 1. The highest BCUT2D eigenvalue weighted by atomic mass is 16.4. The highest BCUT2D eigenvalue weighted by molar-refractivity contribution is 5.93. The molecular weight excluding hydrogens is 274 g/mol. The van der Waals surface area contributed by atoms with Crippen molar-refractivity contribution < 1.29 is 14.7 Å². The molecule has 1 N–H and O–H groups in total. The predicted molar refractivity (Wildman–Crippen MR) is 74.9 cm³/mol. The van der Waals surface area contributed by atoms with Crippen molar-refractivity contribution >= 4 is 11.9 Å². The fourth-order valence-electron chi connectivity index (χ4n) is 2.68. The van der Waals surface area contributed by atoms with E-state index in [0.717, 1.165) is 4.68 Å². The Balaban J connectivity index is 2.24. The van der Waals surface area contributed by atoms with Crippen LogP contribution in [0.15, 0.2) is 16.9 Å². The van der Waals surface area contributed by atoms with E-state index in [9.17, 15) is 19.5 Å². The first kappa shape index (κ1) is 15.2. The molecule has 7 nitrogen and oxygen atoms in total.